The summed E-state index contributed by atoms with van der Waals surface area (Å²) in [5, 5.41) is 5.20. The number of pyridine rings is 1. The molecule has 3 N–H and O–H groups in total. The molecule has 0 radical (unpaired) electrons. The SMILES string of the molecule is NC(=S)c1ncccc1NCc1cscn1. The first-order valence-electron chi connectivity index (χ1n) is 4.63. The van der Waals surface area contributed by atoms with Gasteiger partial charge in [0.15, 0.2) is 0 Å². The van der Waals surface area contributed by atoms with Gasteiger partial charge in [0, 0.05) is 11.6 Å². The molecule has 2 heterocycles. The first-order chi connectivity index (χ1) is 7.77. The average Bonchev–Trinajstić information content (AvgIpc) is 2.79. The third kappa shape index (κ3) is 2.53. The number of hydrogen-bond donors (Lipinski definition) is 2. The highest BCUT2D eigenvalue weighted by Crippen LogP contribution is 2.13. The molecule has 6 heteroatoms. The van der Waals surface area contributed by atoms with E-state index < -0.39 is 0 Å². The van der Waals surface area contributed by atoms with E-state index in [1.54, 1.807) is 23.0 Å². The molecule has 2 aromatic heterocycles. The quantitative estimate of drug-likeness (QED) is 0.810. The second kappa shape index (κ2) is 5.00. The fourth-order valence-corrected chi connectivity index (χ4v) is 1.98. The van der Waals surface area contributed by atoms with E-state index >= 15 is 0 Å². The summed E-state index contributed by atoms with van der Waals surface area (Å²) in [4.78, 5) is 8.60. The number of thiocarbonyl (C=S) groups is 1. The topological polar surface area (TPSA) is 63.8 Å². The Morgan fingerprint density at radius 1 is 1.50 bits per heavy atom. The van der Waals surface area contributed by atoms with Gasteiger partial charge in [0.25, 0.3) is 0 Å². The van der Waals surface area contributed by atoms with Crippen LogP contribution in [0.1, 0.15) is 11.4 Å². The number of nitrogens with zero attached hydrogens (tertiary/aromatic N) is 2. The number of nitrogens with one attached hydrogen (secondary N) is 1. The molecule has 0 saturated carbocycles. The number of nitrogens with two attached hydrogens (primary N) is 1. The van der Waals surface area contributed by atoms with E-state index in [2.05, 4.69) is 15.3 Å². The smallest absolute Gasteiger partial charge is 0.124 e. The third-order valence-corrected chi connectivity index (χ3v) is 2.81. The zero-order valence-corrected chi connectivity index (χ0v) is 10.0. The zero-order chi connectivity index (χ0) is 11.4. The van der Waals surface area contributed by atoms with E-state index in [0.717, 1.165) is 11.4 Å². The van der Waals surface area contributed by atoms with Crippen LogP contribution in [0.3, 0.4) is 0 Å². The fourth-order valence-electron chi connectivity index (χ4n) is 1.25. The van der Waals surface area contributed by atoms with Crippen LogP contribution in [-0.2, 0) is 6.54 Å². The van der Waals surface area contributed by atoms with E-state index in [1.807, 2.05) is 17.5 Å². The minimum atomic E-state index is 0.293. The van der Waals surface area contributed by atoms with Crippen LogP contribution in [0, 0.1) is 0 Å². The summed E-state index contributed by atoms with van der Waals surface area (Å²) in [7, 11) is 0. The van der Waals surface area contributed by atoms with Crippen LogP contribution < -0.4 is 11.1 Å². The number of rotatable bonds is 4. The monoisotopic (exact) mass is 250 g/mol. The summed E-state index contributed by atoms with van der Waals surface area (Å²) >= 11 is 6.49. The lowest BCUT2D eigenvalue weighted by atomic mass is 10.3. The van der Waals surface area contributed by atoms with Gasteiger partial charge in [-0.2, -0.15) is 0 Å². The molecule has 0 aliphatic carbocycles. The summed E-state index contributed by atoms with van der Waals surface area (Å²) in [6, 6.07) is 3.74. The Balaban J connectivity index is 2.12. The van der Waals surface area contributed by atoms with Crippen molar-refractivity contribution in [2.75, 3.05) is 5.32 Å². The summed E-state index contributed by atoms with van der Waals surface area (Å²) in [6.45, 7) is 0.644. The molecule has 0 atom stereocenters. The van der Waals surface area contributed by atoms with Gasteiger partial charge in [-0.1, -0.05) is 12.2 Å². The first-order valence-corrected chi connectivity index (χ1v) is 5.98. The molecule has 0 unspecified atom stereocenters. The summed E-state index contributed by atoms with van der Waals surface area (Å²) in [5.41, 5.74) is 9.82. The van der Waals surface area contributed by atoms with E-state index in [1.165, 1.54) is 0 Å². The van der Waals surface area contributed by atoms with Crippen LogP contribution in [-0.4, -0.2) is 15.0 Å². The molecule has 0 fully saturated rings. The third-order valence-electron chi connectivity index (χ3n) is 1.98. The highest BCUT2D eigenvalue weighted by molar-refractivity contribution is 7.80. The van der Waals surface area contributed by atoms with E-state index in [9.17, 15) is 0 Å². The molecular weight excluding hydrogens is 240 g/mol. The molecule has 0 aliphatic heterocycles. The molecule has 16 heavy (non-hydrogen) atoms. The Labute approximate surface area is 103 Å². The lowest BCUT2D eigenvalue weighted by Crippen LogP contribution is -2.15. The van der Waals surface area contributed by atoms with Crippen molar-refractivity contribution in [3.05, 3.63) is 40.6 Å². The van der Waals surface area contributed by atoms with Crippen molar-refractivity contribution in [3.63, 3.8) is 0 Å². The van der Waals surface area contributed by atoms with Crippen molar-refractivity contribution in [1.29, 1.82) is 0 Å². The van der Waals surface area contributed by atoms with Gasteiger partial charge in [-0.3, -0.25) is 4.98 Å². The molecule has 4 nitrogen and oxygen atoms in total. The maximum absolute atomic E-state index is 5.58. The highest BCUT2D eigenvalue weighted by Gasteiger charge is 2.05. The summed E-state index contributed by atoms with van der Waals surface area (Å²) < 4.78 is 0. The number of thiazole rings is 1. The average molecular weight is 250 g/mol. The summed E-state index contributed by atoms with van der Waals surface area (Å²) in [5.74, 6) is 0. The first kappa shape index (κ1) is 11.0. The van der Waals surface area contributed by atoms with Crippen LogP contribution in [0.4, 0.5) is 5.69 Å². The lowest BCUT2D eigenvalue weighted by Gasteiger charge is -2.08. The van der Waals surface area contributed by atoms with Gasteiger partial charge in [-0.05, 0) is 12.1 Å². The minimum Gasteiger partial charge on any atom is -0.388 e. The molecule has 0 aromatic carbocycles. The lowest BCUT2D eigenvalue weighted by molar-refractivity contribution is 1.07. The number of aromatic nitrogens is 2. The van der Waals surface area contributed by atoms with Crippen molar-refractivity contribution in [3.8, 4) is 0 Å². The number of hydrogen-bond acceptors (Lipinski definition) is 5. The van der Waals surface area contributed by atoms with Gasteiger partial charge < -0.3 is 11.1 Å². The molecule has 0 amide bonds. The highest BCUT2D eigenvalue weighted by atomic mass is 32.1. The zero-order valence-electron chi connectivity index (χ0n) is 8.38. The Kier molecular flexibility index (Phi) is 3.43. The Morgan fingerprint density at radius 3 is 3.06 bits per heavy atom. The van der Waals surface area contributed by atoms with Gasteiger partial charge >= 0.3 is 0 Å². The van der Waals surface area contributed by atoms with Crippen LogP contribution in [0.15, 0.2) is 29.2 Å². The molecule has 82 valence electrons. The Bertz CT molecular complexity index is 481. The molecule has 0 aliphatic rings. The number of anilines is 1. The Hall–Kier alpha value is -1.53. The molecule has 0 bridgehead atoms. The normalized spacial score (nSPS) is 10.0. The molecule has 0 spiro atoms. The van der Waals surface area contributed by atoms with Crippen molar-refractivity contribution in [2.24, 2.45) is 5.73 Å². The van der Waals surface area contributed by atoms with Crippen molar-refractivity contribution >= 4 is 34.2 Å². The largest absolute Gasteiger partial charge is 0.388 e. The minimum absolute atomic E-state index is 0.293. The van der Waals surface area contributed by atoms with Crippen LogP contribution in [0.2, 0.25) is 0 Å². The van der Waals surface area contributed by atoms with Gasteiger partial charge in [0.1, 0.15) is 10.7 Å². The van der Waals surface area contributed by atoms with Crippen LogP contribution in [0.25, 0.3) is 0 Å². The second-order valence-corrected chi connectivity index (χ2v) is 4.26. The predicted molar refractivity (Wildman–Crippen MR) is 69.6 cm³/mol. The van der Waals surface area contributed by atoms with Gasteiger partial charge in [-0.25, -0.2) is 4.98 Å². The van der Waals surface area contributed by atoms with Crippen LogP contribution >= 0.6 is 23.6 Å². The van der Waals surface area contributed by atoms with Gasteiger partial charge in [0.2, 0.25) is 0 Å². The van der Waals surface area contributed by atoms with Crippen LogP contribution in [0.5, 0.6) is 0 Å². The second-order valence-electron chi connectivity index (χ2n) is 3.10. The molecule has 0 saturated heterocycles. The van der Waals surface area contributed by atoms with Crippen molar-refractivity contribution < 1.29 is 0 Å². The Morgan fingerprint density at radius 2 is 2.38 bits per heavy atom. The van der Waals surface area contributed by atoms with Crippen molar-refractivity contribution in [2.45, 2.75) is 6.54 Å². The maximum atomic E-state index is 5.58. The van der Waals surface area contributed by atoms with Gasteiger partial charge in [-0.15, -0.1) is 11.3 Å². The fraction of sp³-hybridized carbons (Fsp3) is 0.100. The molecular formula is C10H10N4S2. The standard InChI is InChI=1S/C10H10N4S2/c11-10(15)9-8(2-1-3-12-9)13-4-7-5-16-6-14-7/h1-3,5-6,13H,4H2,(H2,11,15). The van der Waals surface area contributed by atoms with E-state index in [4.69, 9.17) is 18.0 Å². The van der Waals surface area contributed by atoms with E-state index in [-0.39, 0.29) is 0 Å². The molecule has 2 aromatic rings. The maximum Gasteiger partial charge on any atom is 0.124 e. The molecule has 2 rings (SSSR count). The predicted octanol–water partition coefficient (Wildman–Crippen LogP) is 1.78. The van der Waals surface area contributed by atoms with Gasteiger partial charge in [0.05, 0.1) is 23.4 Å². The van der Waals surface area contributed by atoms with E-state index in [0.29, 0.717) is 17.2 Å². The van der Waals surface area contributed by atoms with Crippen molar-refractivity contribution in [1.82, 2.24) is 9.97 Å². The summed E-state index contributed by atoms with van der Waals surface area (Å²) in [6.07, 6.45) is 1.67.